The summed E-state index contributed by atoms with van der Waals surface area (Å²) >= 11 is 1.23. The van der Waals surface area contributed by atoms with Crippen LogP contribution in [0.15, 0.2) is 41.3 Å². The zero-order chi connectivity index (χ0) is 16.3. The Labute approximate surface area is 135 Å². The van der Waals surface area contributed by atoms with Gasteiger partial charge in [0.25, 0.3) is 0 Å². The summed E-state index contributed by atoms with van der Waals surface area (Å²) in [5.41, 5.74) is 4.08. The zero-order valence-electron chi connectivity index (χ0n) is 13.2. The summed E-state index contributed by atoms with van der Waals surface area (Å²) in [4.78, 5) is 12.9. The number of rotatable bonds is 4. The number of aryl methyl sites for hydroxylation is 3. The molecule has 0 aliphatic rings. The quantitative estimate of drug-likeness (QED) is 0.815. The van der Waals surface area contributed by atoms with Crippen molar-refractivity contribution in [2.24, 2.45) is 0 Å². The highest BCUT2D eigenvalue weighted by Gasteiger charge is 2.18. The molecule has 0 aliphatic heterocycles. The average Bonchev–Trinajstić information content (AvgIpc) is 2.45. The van der Waals surface area contributed by atoms with E-state index < -0.39 is 0 Å². The highest BCUT2D eigenvalue weighted by Crippen LogP contribution is 2.28. The normalized spacial score (nSPS) is 12.0. The van der Waals surface area contributed by atoms with Crippen molar-refractivity contribution < 1.29 is 9.18 Å². The van der Waals surface area contributed by atoms with Crippen LogP contribution in [0.2, 0.25) is 0 Å². The van der Waals surface area contributed by atoms with Gasteiger partial charge in [0.05, 0.1) is 5.25 Å². The molecule has 1 amide bonds. The first-order valence-corrected chi connectivity index (χ1v) is 8.06. The highest BCUT2D eigenvalue weighted by molar-refractivity contribution is 8.00. The number of nitrogens with one attached hydrogen (secondary N) is 1. The molecule has 2 nitrogen and oxygen atoms in total. The van der Waals surface area contributed by atoms with Gasteiger partial charge in [-0.1, -0.05) is 29.8 Å². The van der Waals surface area contributed by atoms with Gasteiger partial charge in [-0.05, 0) is 51.0 Å². The van der Waals surface area contributed by atoms with Crippen LogP contribution in [0.4, 0.5) is 10.1 Å². The molecule has 1 atom stereocenters. The molecule has 1 N–H and O–H groups in total. The molecular weight excluding hydrogens is 297 g/mol. The van der Waals surface area contributed by atoms with Gasteiger partial charge in [0.1, 0.15) is 5.82 Å². The topological polar surface area (TPSA) is 29.1 Å². The van der Waals surface area contributed by atoms with E-state index in [1.165, 1.54) is 23.4 Å². The van der Waals surface area contributed by atoms with Gasteiger partial charge in [0.15, 0.2) is 0 Å². The number of benzene rings is 2. The van der Waals surface area contributed by atoms with Crippen LogP contribution in [-0.4, -0.2) is 11.2 Å². The largest absolute Gasteiger partial charge is 0.325 e. The average molecular weight is 317 g/mol. The maximum Gasteiger partial charge on any atom is 0.237 e. The van der Waals surface area contributed by atoms with Crippen LogP contribution in [0.5, 0.6) is 0 Å². The second kappa shape index (κ2) is 6.97. The van der Waals surface area contributed by atoms with E-state index in [-0.39, 0.29) is 17.0 Å². The molecule has 0 fully saturated rings. The Kier molecular flexibility index (Phi) is 5.24. The monoisotopic (exact) mass is 317 g/mol. The molecule has 2 aromatic carbocycles. The molecule has 0 aromatic heterocycles. The second-order valence-electron chi connectivity index (χ2n) is 5.45. The van der Waals surface area contributed by atoms with Crippen LogP contribution in [-0.2, 0) is 4.79 Å². The van der Waals surface area contributed by atoms with E-state index >= 15 is 0 Å². The van der Waals surface area contributed by atoms with E-state index in [2.05, 4.69) is 5.32 Å². The van der Waals surface area contributed by atoms with Gasteiger partial charge < -0.3 is 5.32 Å². The fourth-order valence-corrected chi connectivity index (χ4v) is 3.27. The third-order valence-electron chi connectivity index (χ3n) is 3.43. The Morgan fingerprint density at radius 1 is 1.14 bits per heavy atom. The van der Waals surface area contributed by atoms with Crippen molar-refractivity contribution in [2.75, 3.05) is 5.32 Å². The summed E-state index contributed by atoms with van der Waals surface area (Å²) in [7, 11) is 0. The van der Waals surface area contributed by atoms with Crippen molar-refractivity contribution in [1.29, 1.82) is 0 Å². The summed E-state index contributed by atoms with van der Waals surface area (Å²) in [5, 5.41) is 2.59. The minimum atomic E-state index is -0.378. The van der Waals surface area contributed by atoms with E-state index in [1.807, 2.05) is 32.9 Å². The van der Waals surface area contributed by atoms with E-state index in [1.54, 1.807) is 25.1 Å². The van der Waals surface area contributed by atoms with Crippen LogP contribution in [0, 0.1) is 26.6 Å². The van der Waals surface area contributed by atoms with Gasteiger partial charge in [0.2, 0.25) is 5.91 Å². The first-order chi connectivity index (χ1) is 10.4. The first kappa shape index (κ1) is 16.6. The first-order valence-electron chi connectivity index (χ1n) is 7.18. The van der Waals surface area contributed by atoms with Crippen molar-refractivity contribution in [2.45, 2.75) is 37.8 Å². The van der Waals surface area contributed by atoms with E-state index in [9.17, 15) is 9.18 Å². The van der Waals surface area contributed by atoms with Gasteiger partial charge in [-0.25, -0.2) is 4.39 Å². The van der Waals surface area contributed by atoms with Gasteiger partial charge in [-0.2, -0.15) is 0 Å². The highest BCUT2D eigenvalue weighted by atomic mass is 32.2. The van der Waals surface area contributed by atoms with Crippen molar-refractivity contribution in [3.8, 4) is 0 Å². The number of halogens is 1. The number of anilines is 1. The summed E-state index contributed by atoms with van der Waals surface area (Å²) in [6.45, 7) is 7.77. The molecule has 2 aromatic rings. The third-order valence-corrected chi connectivity index (χ3v) is 4.59. The second-order valence-corrected chi connectivity index (χ2v) is 6.84. The smallest absolute Gasteiger partial charge is 0.237 e. The number of amides is 1. The lowest BCUT2D eigenvalue weighted by Crippen LogP contribution is -2.23. The molecule has 22 heavy (non-hydrogen) atoms. The van der Waals surface area contributed by atoms with E-state index in [0.717, 1.165) is 16.8 Å². The Bertz CT molecular complexity index is 676. The van der Waals surface area contributed by atoms with Crippen molar-refractivity contribution >= 4 is 23.4 Å². The molecule has 116 valence electrons. The molecule has 1 unspecified atom stereocenters. The lowest BCUT2D eigenvalue weighted by atomic mass is 10.1. The molecule has 0 spiro atoms. The molecule has 0 saturated heterocycles. The van der Waals surface area contributed by atoms with Gasteiger partial charge in [-0.3, -0.25) is 4.79 Å². The number of thioether (sulfide) groups is 1. The predicted molar refractivity (Wildman–Crippen MR) is 91.0 cm³/mol. The summed E-state index contributed by atoms with van der Waals surface area (Å²) in [6.07, 6.45) is 0. The third kappa shape index (κ3) is 3.89. The van der Waals surface area contributed by atoms with E-state index in [0.29, 0.717) is 4.90 Å². The number of hydrogen-bond acceptors (Lipinski definition) is 2. The van der Waals surface area contributed by atoms with Crippen LogP contribution in [0.25, 0.3) is 0 Å². The molecule has 0 saturated carbocycles. The molecule has 0 bridgehead atoms. The molecule has 0 heterocycles. The molecular formula is C18H20FNOS. The Balaban J connectivity index is 2.11. The molecule has 2 rings (SSSR count). The number of hydrogen-bond donors (Lipinski definition) is 1. The number of carbonyl (C=O) groups excluding carboxylic acids is 1. The van der Waals surface area contributed by atoms with Gasteiger partial charge in [-0.15, -0.1) is 11.8 Å². The van der Waals surface area contributed by atoms with E-state index in [4.69, 9.17) is 0 Å². The molecule has 4 heteroatoms. The van der Waals surface area contributed by atoms with Crippen molar-refractivity contribution in [3.05, 3.63) is 58.9 Å². The van der Waals surface area contributed by atoms with Crippen molar-refractivity contribution in [3.63, 3.8) is 0 Å². The minimum absolute atomic E-state index is 0.122. The zero-order valence-corrected chi connectivity index (χ0v) is 14.1. The molecule has 0 aliphatic carbocycles. The minimum Gasteiger partial charge on any atom is -0.325 e. The Hall–Kier alpha value is -1.81. The number of carbonyl (C=O) groups is 1. The fraction of sp³-hybridized carbons (Fsp3) is 0.278. The van der Waals surface area contributed by atoms with Gasteiger partial charge >= 0.3 is 0 Å². The van der Waals surface area contributed by atoms with Crippen LogP contribution < -0.4 is 5.32 Å². The van der Waals surface area contributed by atoms with Crippen molar-refractivity contribution in [1.82, 2.24) is 0 Å². The summed E-state index contributed by atoms with van der Waals surface area (Å²) < 4.78 is 13.7. The van der Waals surface area contributed by atoms with Crippen LogP contribution >= 0.6 is 11.8 Å². The predicted octanol–water partition coefficient (Wildman–Crippen LogP) is 4.87. The Morgan fingerprint density at radius 2 is 1.73 bits per heavy atom. The fourth-order valence-electron chi connectivity index (χ4n) is 2.39. The lowest BCUT2D eigenvalue weighted by molar-refractivity contribution is -0.115. The van der Waals surface area contributed by atoms with Gasteiger partial charge in [0, 0.05) is 10.6 Å². The Morgan fingerprint density at radius 3 is 2.32 bits per heavy atom. The SMILES string of the molecule is Cc1cc(C)c(NC(=O)C(C)Sc2ccccc2F)c(C)c1. The summed E-state index contributed by atoms with van der Waals surface area (Å²) in [5.74, 6) is -0.418. The maximum absolute atomic E-state index is 13.7. The van der Waals surface area contributed by atoms with Crippen LogP contribution in [0.3, 0.4) is 0 Å². The maximum atomic E-state index is 13.7. The standard InChI is InChI=1S/C18H20FNOS/c1-11-9-12(2)17(13(3)10-11)20-18(21)14(4)22-16-8-6-5-7-15(16)19/h5-10,14H,1-4H3,(H,20,21). The molecule has 0 radical (unpaired) electrons. The van der Waals surface area contributed by atoms with Crippen LogP contribution in [0.1, 0.15) is 23.6 Å². The summed E-state index contributed by atoms with van der Waals surface area (Å²) in [6, 6.07) is 10.6. The lowest BCUT2D eigenvalue weighted by Gasteiger charge is -2.16.